The molecule has 0 aliphatic carbocycles. The number of amidine groups is 1. The zero-order valence-corrected chi connectivity index (χ0v) is 5.36. The Bertz CT molecular complexity index is 229. The first-order valence-corrected chi connectivity index (χ1v) is 2.79. The van der Waals surface area contributed by atoms with Crippen LogP contribution in [0.5, 0.6) is 0 Å². The SMILES string of the molecule is NN=C(N)c1ccccn1. The van der Waals surface area contributed by atoms with Crippen molar-refractivity contribution in [3.8, 4) is 0 Å². The van der Waals surface area contributed by atoms with Crippen molar-refractivity contribution in [2.24, 2.45) is 16.7 Å². The van der Waals surface area contributed by atoms with E-state index in [1.807, 2.05) is 6.07 Å². The van der Waals surface area contributed by atoms with Crippen LogP contribution in [0.3, 0.4) is 0 Å². The molecule has 0 unspecified atom stereocenters. The van der Waals surface area contributed by atoms with Crippen molar-refractivity contribution in [2.45, 2.75) is 0 Å². The van der Waals surface area contributed by atoms with Crippen molar-refractivity contribution in [1.29, 1.82) is 0 Å². The fourth-order valence-electron chi connectivity index (χ4n) is 0.580. The Balaban J connectivity index is 2.96. The number of aromatic nitrogens is 1. The summed E-state index contributed by atoms with van der Waals surface area (Å²) in [6.07, 6.45) is 1.63. The maximum Gasteiger partial charge on any atom is 0.168 e. The Morgan fingerprint density at radius 3 is 2.80 bits per heavy atom. The number of nitrogens with two attached hydrogens (primary N) is 2. The Hall–Kier alpha value is -1.58. The van der Waals surface area contributed by atoms with Gasteiger partial charge in [-0.1, -0.05) is 6.07 Å². The molecule has 4 N–H and O–H groups in total. The highest BCUT2D eigenvalue weighted by Gasteiger charge is 1.94. The van der Waals surface area contributed by atoms with Crippen LogP contribution in [0.15, 0.2) is 29.5 Å². The van der Waals surface area contributed by atoms with E-state index in [1.165, 1.54) is 0 Å². The highest BCUT2D eigenvalue weighted by atomic mass is 15.2. The predicted octanol–water partition coefficient (Wildman–Crippen LogP) is -0.339. The van der Waals surface area contributed by atoms with Crippen molar-refractivity contribution in [3.63, 3.8) is 0 Å². The van der Waals surface area contributed by atoms with Gasteiger partial charge in [-0.05, 0) is 12.1 Å². The summed E-state index contributed by atoms with van der Waals surface area (Å²) in [4.78, 5) is 3.91. The molecular formula is C6H8N4. The third-order valence-corrected chi connectivity index (χ3v) is 1.07. The van der Waals surface area contributed by atoms with Crippen molar-refractivity contribution >= 4 is 5.84 Å². The number of pyridine rings is 1. The van der Waals surface area contributed by atoms with Gasteiger partial charge in [0.15, 0.2) is 5.84 Å². The average molecular weight is 136 g/mol. The van der Waals surface area contributed by atoms with Crippen molar-refractivity contribution in [1.82, 2.24) is 4.98 Å². The number of hydrogen-bond acceptors (Lipinski definition) is 3. The minimum Gasteiger partial charge on any atom is -0.380 e. The molecule has 1 heterocycles. The van der Waals surface area contributed by atoms with Crippen molar-refractivity contribution in [2.75, 3.05) is 0 Å². The van der Waals surface area contributed by atoms with Gasteiger partial charge in [0.25, 0.3) is 0 Å². The summed E-state index contributed by atoms with van der Waals surface area (Å²) in [5, 5.41) is 3.29. The molecule has 0 saturated carbocycles. The summed E-state index contributed by atoms with van der Waals surface area (Å²) in [5.74, 6) is 5.18. The average Bonchev–Trinajstić information content (AvgIpc) is 2.05. The number of hydrazone groups is 1. The number of nitrogens with zero attached hydrogens (tertiary/aromatic N) is 2. The summed E-state index contributed by atoms with van der Waals surface area (Å²) in [7, 11) is 0. The topological polar surface area (TPSA) is 77.3 Å². The molecule has 4 nitrogen and oxygen atoms in total. The molecule has 10 heavy (non-hydrogen) atoms. The first-order chi connectivity index (χ1) is 4.84. The van der Waals surface area contributed by atoms with Gasteiger partial charge in [0.05, 0.1) is 0 Å². The van der Waals surface area contributed by atoms with E-state index in [-0.39, 0.29) is 5.84 Å². The summed E-state index contributed by atoms with van der Waals surface area (Å²) in [6.45, 7) is 0. The van der Waals surface area contributed by atoms with E-state index in [4.69, 9.17) is 11.6 Å². The Labute approximate surface area is 58.6 Å². The molecule has 0 aliphatic rings. The van der Waals surface area contributed by atoms with Gasteiger partial charge in [-0.25, -0.2) is 0 Å². The van der Waals surface area contributed by atoms with Gasteiger partial charge in [0, 0.05) is 6.20 Å². The maximum absolute atomic E-state index is 5.36. The summed E-state index contributed by atoms with van der Waals surface area (Å²) < 4.78 is 0. The van der Waals surface area contributed by atoms with Gasteiger partial charge in [0.2, 0.25) is 0 Å². The summed E-state index contributed by atoms with van der Waals surface area (Å²) in [5.41, 5.74) is 5.96. The molecule has 1 rings (SSSR count). The molecule has 0 aromatic carbocycles. The minimum atomic E-state index is 0.251. The van der Waals surface area contributed by atoms with Gasteiger partial charge >= 0.3 is 0 Å². The van der Waals surface area contributed by atoms with Crippen molar-refractivity contribution in [3.05, 3.63) is 30.1 Å². The second kappa shape index (κ2) is 2.82. The molecule has 0 bridgehead atoms. The summed E-state index contributed by atoms with van der Waals surface area (Å²) >= 11 is 0. The molecule has 1 aromatic heterocycles. The third kappa shape index (κ3) is 1.22. The molecule has 4 heteroatoms. The highest BCUT2D eigenvalue weighted by Crippen LogP contribution is 1.90. The summed E-state index contributed by atoms with van der Waals surface area (Å²) in [6, 6.07) is 5.36. The van der Waals surface area contributed by atoms with E-state index in [2.05, 4.69) is 10.1 Å². The van der Waals surface area contributed by atoms with E-state index in [9.17, 15) is 0 Å². The smallest absolute Gasteiger partial charge is 0.168 e. The second-order valence-electron chi connectivity index (χ2n) is 1.73. The van der Waals surface area contributed by atoms with Crippen LogP contribution in [0.4, 0.5) is 0 Å². The van der Waals surface area contributed by atoms with E-state index < -0.39 is 0 Å². The molecule has 0 amide bonds. The van der Waals surface area contributed by atoms with Crippen LogP contribution in [-0.4, -0.2) is 10.8 Å². The van der Waals surface area contributed by atoms with Gasteiger partial charge in [-0.15, -0.1) is 0 Å². The maximum atomic E-state index is 5.36. The number of hydrogen-bond donors (Lipinski definition) is 2. The predicted molar refractivity (Wildman–Crippen MR) is 39.1 cm³/mol. The van der Waals surface area contributed by atoms with E-state index >= 15 is 0 Å². The largest absolute Gasteiger partial charge is 0.380 e. The molecular weight excluding hydrogens is 128 g/mol. The van der Waals surface area contributed by atoms with Crippen LogP contribution in [0.25, 0.3) is 0 Å². The van der Waals surface area contributed by atoms with Gasteiger partial charge < -0.3 is 11.6 Å². The van der Waals surface area contributed by atoms with Crippen LogP contribution in [-0.2, 0) is 0 Å². The molecule has 0 aliphatic heterocycles. The van der Waals surface area contributed by atoms with E-state index in [0.29, 0.717) is 5.69 Å². The fourth-order valence-corrected chi connectivity index (χ4v) is 0.580. The molecule has 0 spiro atoms. The van der Waals surface area contributed by atoms with Crippen molar-refractivity contribution < 1.29 is 0 Å². The lowest BCUT2D eigenvalue weighted by molar-refractivity contribution is 1.19. The zero-order valence-electron chi connectivity index (χ0n) is 5.36. The highest BCUT2D eigenvalue weighted by molar-refractivity contribution is 5.95. The zero-order chi connectivity index (χ0) is 7.40. The Kier molecular flexibility index (Phi) is 1.84. The minimum absolute atomic E-state index is 0.251. The molecule has 0 radical (unpaired) electrons. The second-order valence-corrected chi connectivity index (χ2v) is 1.73. The van der Waals surface area contributed by atoms with Crippen LogP contribution < -0.4 is 11.6 Å². The molecule has 0 saturated heterocycles. The first-order valence-electron chi connectivity index (χ1n) is 2.79. The van der Waals surface area contributed by atoms with Crippen LogP contribution >= 0.6 is 0 Å². The fraction of sp³-hybridized carbons (Fsp3) is 0. The van der Waals surface area contributed by atoms with Gasteiger partial charge in [0.1, 0.15) is 5.69 Å². The Morgan fingerprint density at radius 1 is 1.50 bits per heavy atom. The standard InChI is InChI=1S/C6H8N4/c7-6(10-8)5-3-1-2-4-9-5/h1-4H,8H2,(H2,7,10). The molecule has 0 atom stereocenters. The molecule has 1 aromatic rings. The van der Waals surface area contributed by atoms with Crippen LogP contribution in [0.1, 0.15) is 5.69 Å². The Morgan fingerprint density at radius 2 is 2.30 bits per heavy atom. The monoisotopic (exact) mass is 136 g/mol. The normalized spacial score (nSPS) is 11.4. The number of rotatable bonds is 1. The molecule has 52 valence electrons. The van der Waals surface area contributed by atoms with Gasteiger partial charge in [-0.3, -0.25) is 4.98 Å². The lowest BCUT2D eigenvalue weighted by atomic mass is 10.3. The third-order valence-electron chi connectivity index (χ3n) is 1.07. The van der Waals surface area contributed by atoms with Gasteiger partial charge in [-0.2, -0.15) is 5.10 Å². The lowest BCUT2D eigenvalue weighted by Gasteiger charge is -1.94. The van der Waals surface area contributed by atoms with Crippen LogP contribution in [0, 0.1) is 0 Å². The molecule has 0 fully saturated rings. The quantitative estimate of drug-likeness (QED) is 0.240. The first kappa shape index (κ1) is 6.54. The van der Waals surface area contributed by atoms with E-state index in [1.54, 1.807) is 18.3 Å². The van der Waals surface area contributed by atoms with Crippen LogP contribution in [0.2, 0.25) is 0 Å². The lowest BCUT2D eigenvalue weighted by Crippen LogP contribution is -2.16. The van der Waals surface area contributed by atoms with E-state index in [0.717, 1.165) is 0 Å².